The van der Waals surface area contributed by atoms with Gasteiger partial charge in [0.15, 0.2) is 23.0 Å². The molecule has 0 saturated heterocycles. The maximum atomic E-state index is 14.7. The lowest BCUT2D eigenvalue weighted by Crippen LogP contribution is -2.11. The van der Waals surface area contributed by atoms with E-state index in [1.165, 1.54) is 230 Å². The summed E-state index contributed by atoms with van der Waals surface area (Å²) in [5.41, 5.74) is 2.01. The number of phenols is 2. The van der Waals surface area contributed by atoms with Gasteiger partial charge < -0.3 is 48.1 Å². The molecule has 0 aliphatic heterocycles. The number of unbranched alkanes of at least 4 members (excludes halogenated alkanes) is 42. The van der Waals surface area contributed by atoms with Crippen molar-refractivity contribution >= 4 is 11.9 Å². The lowest BCUT2D eigenvalue weighted by atomic mass is 9.94. The minimum absolute atomic E-state index is 0.0292. The van der Waals surface area contributed by atoms with Gasteiger partial charge in [-0.2, -0.15) is 0 Å². The Balaban J connectivity index is 1.63. The number of rotatable bonds is 67. The summed E-state index contributed by atoms with van der Waals surface area (Å²) in [5.74, 6) is 1.67. The first-order chi connectivity index (χ1) is 49.2. The van der Waals surface area contributed by atoms with Crippen molar-refractivity contribution in [3.63, 3.8) is 0 Å². The Labute approximate surface area is 609 Å². The molecule has 12 heteroatoms. The molecule has 12 nitrogen and oxygen atoms in total. The summed E-state index contributed by atoms with van der Waals surface area (Å²) in [7, 11) is 0. The van der Waals surface area contributed by atoms with E-state index in [1.54, 1.807) is 12.1 Å². The quantitative estimate of drug-likeness (QED) is 0.0320. The Morgan fingerprint density at radius 2 is 0.460 bits per heavy atom. The van der Waals surface area contributed by atoms with E-state index in [4.69, 9.17) is 37.9 Å². The Bertz CT molecular complexity index is 2420. The van der Waals surface area contributed by atoms with Gasteiger partial charge in [0.05, 0.1) is 50.8 Å². The Morgan fingerprint density at radius 1 is 0.260 bits per heavy atom. The molecule has 0 aliphatic carbocycles. The molecule has 2 N–H and O–H groups in total. The molecule has 0 atom stereocenters. The fourth-order valence-electron chi connectivity index (χ4n) is 13.0. The van der Waals surface area contributed by atoms with E-state index < -0.39 is 11.9 Å². The first kappa shape index (κ1) is 86.6. The molecule has 100 heavy (non-hydrogen) atoms. The van der Waals surface area contributed by atoms with Crippen molar-refractivity contribution in [1.82, 2.24) is 0 Å². The van der Waals surface area contributed by atoms with Crippen molar-refractivity contribution in [3.8, 4) is 57.1 Å². The number of phenolic OH excluding ortho intramolecular Hbond substituents is 2. The average molecular weight is 1390 g/mol. The normalized spacial score (nSPS) is 11.3. The van der Waals surface area contributed by atoms with Crippen LogP contribution in [0.2, 0.25) is 0 Å². The number of hydrogen-bond donors (Lipinski definition) is 2. The lowest BCUT2D eigenvalue weighted by Gasteiger charge is -2.19. The number of hydrogen-bond acceptors (Lipinski definition) is 12. The summed E-state index contributed by atoms with van der Waals surface area (Å²) < 4.78 is 52.2. The molecule has 4 aromatic carbocycles. The van der Waals surface area contributed by atoms with Gasteiger partial charge in [0, 0.05) is 0 Å². The Morgan fingerprint density at radius 3 is 0.680 bits per heavy atom. The summed E-state index contributed by atoms with van der Waals surface area (Å²) >= 11 is 0. The van der Waals surface area contributed by atoms with E-state index in [1.807, 2.05) is 24.3 Å². The second-order valence-corrected chi connectivity index (χ2v) is 28.4. The highest BCUT2D eigenvalue weighted by Gasteiger charge is 2.25. The average Bonchev–Trinajstić information content (AvgIpc) is 0.798. The van der Waals surface area contributed by atoms with Crippen LogP contribution in [0.1, 0.15) is 382 Å². The van der Waals surface area contributed by atoms with Crippen LogP contribution >= 0.6 is 0 Å². The van der Waals surface area contributed by atoms with Crippen molar-refractivity contribution in [2.24, 2.45) is 0 Å². The second-order valence-electron chi connectivity index (χ2n) is 28.4. The van der Waals surface area contributed by atoms with Gasteiger partial charge >= 0.3 is 11.9 Å². The molecule has 0 heterocycles. The smallest absolute Gasteiger partial charge is 0.339 e. The lowest BCUT2D eigenvalue weighted by molar-refractivity contribution is 0.0461. The van der Waals surface area contributed by atoms with Crippen LogP contribution < -0.4 is 28.4 Å². The highest BCUT2D eigenvalue weighted by Crippen LogP contribution is 2.42. The van der Waals surface area contributed by atoms with Gasteiger partial charge in [-0.3, -0.25) is 0 Å². The number of carbonyl (C=O) groups is 2. The van der Waals surface area contributed by atoms with Crippen LogP contribution in [0.4, 0.5) is 0 Å². The van der Waals surface area contributed by atoms with Gasteiger partial charge in [0.25, 0.3) is 0 Å². The first-order valence-corrected chi connectivity index (χ1v) is 41.3. The van der Waals surface area contributed by atoms with Crippen LogP contribution in [-0.4, -0.2) is 61.8 Å². The molecule has 0 bridgehead atoms. The summed E-state index contributed by atoms with van der Waals surface area (Å²) in [5, 5.41) is 22.0. The Hall–Kier alpha value is -5.78. The van der Waals surface area contributed by atoms with E-state index in [-0.39, 0.29) is 35.8 Å². The Kier molecular flexibility index (Phi) is 50.8. The van der Waals surface area contributed by atoms with Gasteiger partial charge in [-0.1, -0.05) is 311 Å². The summed E-state index contributed by atoms with van der Waals surface area (Å²) in [4.78, 5) is 29.3. The SMILES string of the molecule is CCCCCCCCCCOc1cc(COC(=O)c2cc(O)ccc2-c2ccc(O)cc2C(=O)OCc2cc(OCCCCCCCCCC)c(OCCCCCCCCCC)c(OCCCCCCCCCC)c2)cc(OCCCCCCCCCC)c1OCCCCCCCCCC. The fraction of sp³-hybridized carbons (Fsp3) is 0.705. The van der Waals surface area contributed by atoms with Gasteiger partial charge in [-0.05, 0) is 121 Å². The molecule has 0 aliphatic rings. The highest BCUT2D eigenvalue weighted by molar-refractivity contribution is 6.03. The fourth-order valence-corrected chi connectivity index (χ4v) is 13.0. The third kappa shape index (κ3) is 39.0. The van der Waals surface area contributed by atoms with E-state index in [0.29, 0.717) is 96.4 Å². The van der Waals surface area contributed by atoms with Crippen molar-refractivity contribution < 1.29 is 57.7 Å². The van der Waals surface area contributed by atoms with Gasteiger partial charge in [0.1, 0.15) is 24.7 Å². The van der Waals surface area contributed by atoms with Crippen molar-refractivity contribution in [2.75, 3.05) is 39.6 Å². The van der Waals surface area contributed by atoms with E-state index in [0.717, 1.165) is 103 Å². The van der Waals surface area contributed by atoms with Gasteiger partial charge in [-0.15, -0.1) is 0 Å². The van der Waals surface area contributed by atoms with Crippen LogP contribution in [0, 0.1) is 0 Å². The summed E-state index contributed by atoms with van der Waals surface area (Å²) in [6, 6.07) is 16.4. The third-order valence-electron chi connectivity index (χ3n) is 19.1. The van der Waals surface area contributed by atoms with E-state index in [9.17, 15) is 19.8 Å². The number of benzene rings is 4. The maximum absolute atomic E-state index is 14.7. The molecule has 0 saturated carbocycles. The molecular formula is C88H142O12. The molecule has 0 amide bonds. The molecule has 0 spiro atoms. The van der Waals surface area contributed by atoms with Crippen molar-refractivity contribution in [1.29, 1.82) is 0 Å². The molecule has 0 unspecified atom stereocenters. The zero-order valence-corrected chi connectivity index (χ0v) is 64.3. The monoisotopic (exact) mass is 1390 g/mol. The molecular weight excluding hydrogens is 1250 g/mol. The zero-order valence-electron chi connectivity index (χ0n) is 64.3. The minimum atomic E-state index is -0.722. The standard InChI is InChI=1S/C88H142O12/c1-7-13-19-25-31-37-43-49-59-93-81-65-73(66-82(94-60-50-44-38-32-26-20-14-8-2)85(81)97-63-53-47-41-35-29-23-17-11-5)71-99-87(91)79-69-75(89)55-57-77(79)78-58-56-76(90)70-80(78)88(92)100-72-74-67-83(95-61-51-45-39-33-27-21-15-9-3)86(98-64-54-48-42-36-30-24-18-12-6)84(68-74)96-62-52-46-40-34-28-22-16-10-4/h55-58,65-70,89-90H,7-54,59-64,71-72H2,1-6H3. The number of ether oxygens (including phenoxy) is 8. The molecule has 4 rings (SSSR count). The minimum Gasteiger partial charge on any atom is -0.508 e. The van der Waals surface area contributed by atoms with Crippen molar-refractivity contribution in [2.45, 2.75) is 363 Å². The number of aromatic hydroxyl groups is 2. The van der Waals surface area contributed by atoms with Gasteiger partial charge in [0.2, 0.25) is 11.5 Å². The molecule has 0 aromatic heterocycles. The molecule has 0 radical (unpaired) electrons. The molecule has 566 valence electrons. The van der Waals surface area contributed by atoms with Crippen LogP contribution in [-0.2, 0) is 22.7 Å². The zero-order chi connectivity index (χ0) is 71.6. The number of esters is 2. The van der Waals surface area contributed by atoms with Crippen LogP contribution in [0.3, 0.4) is 0 Å². The predicted octanol–water partition coefficient (Wildman–Crippen LogP) is 26.6. The highest BCUT2D eigenvalue weighted by atomic mass is 16.6. The second kappa shape index (κ2) is 58.7. The third-order valence-corrected chi connectivity index (χ3v) is 19.1. The first-order valence-electron chi connectivity index (χ1n) is 41.3. The van der Waals surface area contributed by atoms with Gasteiger partial charge in [-0.25, -0.2) is 9.59 Å². The number of carbonyl (C=O) groups excluding carboxylic acids is 2. The van der Waals surface area contributed by atoms with E-state index in [2.05, 4.69) is 41.5 Å². The summed E-state index contributed by atoms with van der Waals surface area (Å²) in [6.45, 7) is 16.3. The topological polar surface area (TPSA) is 148 Å². The van der Waals surface area contributed by atoms with E-state index >= 15 is 0 Å². The largest absolute Gasteiger partial charge is 0.508 e. The summed E-state index contributed by atoms with van der Waals surface area (Å²) in [6.07, 6.45) is 56.7. The molecule has 0 fully saturated rings. The maximum Gasteiger partial charge on any atom is 0.339 e. The van der Waals surface area contributed by atoms with Crippen molar-refractivity contribution in [3.05, 3.63) is 82.9 Å². The molecule has 4 aromatic rings. The van der Waals surface area contributed by atoms with Crippen LogP contribution in [0.5, 0.6) is 46.0 Å². The van der Waals surface area contributed by atoms with Crippen LogP contribution in [0.25, 0.3) is 11.1 Å². The van der Waals surface area contributed by atoms with Crippen LogP contribution in [0.15, 0.2) is 60.7 Å². The predicted molar refractivity (Wildman–Crippen MR) is 415 cm³/mol.